The summed E-state index contributed by atoms with van der Waals surface area (Å²) < 4.78 is 5.03. The molecule has 0 aliphatic carbocycles. The standard InChI is InChI=1S/C13H21N3O2/c1-18-10-4-5-12(15-8-10)13(17)11(14)9-16-6-2-3-7-16/h4-5,8,11,13,17H,2-3,6-7,9,14H2,1H3/t11-,13-/m1/s1. The average molecular weight is 251 g/mol. The van der Waals surface area contributed by atoms with Crippen LogP contribution in [0.2, 0.25) is 0 Å². The smallest absolute Gasteiger partial charge is 0.137 e. The zero-order valence-electron chi connectivity index (χ0n) is 10.7. The Morgan fingerprint density at radius 3 is 2.72 bits per heavy atom. The summed E-state index contributed by atoms with van der Waals surface area (Å²) in [6, 6.07) is 3.24. The molecule has 2 rings (SSSR count). The number of hydrogen-bond donors (Lipinski definition) is 2. The highest BCUT2D eigenvalue weighted by Gasteiger charge is 2.22. The Balaban J connectivity index is 1.93. The van der Waals surface area contributed by atoms with Crippen LogP contribution in [-0.2, 0) is 0 Å². The minimum Gasteiger partial charge on any atom is -0.495 e. The fourth-order valence-corrected chi connectivity index (χ4v) is 2.27. The Hall–Kier alpha value is -1.17. The number of ether oxygens (including phenoxy) is 1. The number of hydrogen-bond acceptors (Lipinski definition) is 5. The number of aromatic nitrogens is 1. The number of aliphatic hydroxyl groups is 1. The van der Waals surface area contributed by atoms with Crippen LogP contribution in [0.15, 0.2) is 18.3 Å². The Morgan fingerprint density at radius 2 is 2.17 bits per heavy atom. The zero-order valence-corrected chi connectivity index (χ0v) is 10.7. The molecule has 5 nitrogen and oxygen atoms in total. The summed E-state index contributed by atoms with van der Waals surface area (Å²) >= 11 is 0. The van der Waals surface area contributed by atoms with Gasteiger partial charge in [-0.1, -0.05) is 0 Å². The number of likely N-dealkylation sites (tertiary alicyclic amines) is 1. The lowest BCUT2D eigenvalue weighted by molar-refractivity contribution is 0.121. The Morgan fingerprint density at radius 1 is 1.44 bits per heavy atom. The number of pyridine rings is 1. The predicted molar refractivity (Wildman–Crippen MR) is 69.4 cm³/mol. The molecule has 0 radical (unpaired) electrons. The number of methoxy groups -OCH3 is 1. The lowest BCUT2D eigenvalue weighted by Crippen LogP contribution is -2.40. The first-order valence-electron chi connectivity index (χ1n) is 6.36. The van der Waals surface area contributed by atoms with Gasteiger partial charge in [0.05, 0.1) is 19.0 Å². The van der Waals surface area contributed by atoms with Crippen LogP contribution in [0.5, 0.6) is 5.75 Å². The molecule has 2 heterocycles. The molecule has 0 amide bonds. The average Bonchev–Trinajstić information content (AvgIpc) is 2.91. The van der Waals surface area contributed by atoms with Crippen molar-refractivity contribution >= 4 is 0 Å². The summed E-state index contributed by atoms with van der Waals surface area (Å²) in [4.78, 5) is 6.46. The zero-order chi connectivity index (χ0) is 13.0. The lowest BCUT2D eigenvalue weighted by atomic mass is 10.1. The molecule has 0 aromatic carbocycles. The molecule has 0 saturated carbocycles. The van der Waals surface area contributed by atoms with Gasteiger partial charge in [0, 0.05) is 12.6 Å². The van der Waals surface area contributed by atoms with E-state index in [1.807, 2.05) is 0 Å². The molecule has 2 atom stereocenters. The summed E-state index contributed by atoms with van der Waals surface area (Å²) in [6.45, 7) is 2.88. The van der Waals surface area contributed by atoms with Gasteiger partial charge in [0.2, 0.25) is 0 Å². The van der Waals surface area contributed by atoms with Gasteiger partial charge in [0.15, 0.2) is 0 Å². The first-order chi connectivity index (χ1) is 8.70. The van der Waals surface area contributed by atoms with Crippen LogP contribution in [-0.4, -0.2) is 47.8 Å². The molecule has 0 spiro atoms. The van der Waals surface area contributed by atoms with Crippen LogP contribution in [0, 0.1) is 0 Å². The van der Waals surface area contributed by atoms with Gasteiger partial charge in [-0.25, -0.2) is 0 Å². The minimum absolute atomic E-state index is 0.302. The maximum atomic E-state index is 10.2. The summed E-state index contributed by atoms with van der Waals surface area (Å²) in [5, 5.41) is 10.2. The number of nitrogens with two attached hydrogens (primary N) is 1. The molecule has 0 bridgehead atoms. The summed E-state index contributed by atoms with van der Waals surface area (Å²) in [7, 11) is 1.59. The highest BCUT2D eigenvalue weighted by atomic mass is 16.5. The van der Waals surface area contributed by atoms with Gasteiger partial charge >= 0.3 is 0 Å². The molecule has 1 saturated heterocycles. The van der Waals surface area contributed by atoms with E-state index in [-0.39, 0.29) is 6.04 Å². The summed E-state index contributed by atoms with van der Waals surface area (Å²) in [5.74, 6) is 0.680. The molecular weight excluding hydrogens is 230 g/mol. The van der Waals surface area contributed by atoms with E-state index < -0.39 is 6.10 Å². The van der Waals surface area contributed by atoms with Crippen molar-refractivity contribution in [3.05, 3.63) is 24.0 Å². The number of aliphatic hydroxyl groups excluding tert-OH is 1. The van der Waals surface area contributed by atoms with Crippen molar-refractivity contribution in [3.63, 3.8) is 0 Å². The Bertz CT molecular complexity index is 363. The highest BCUT2D eigenvalue weighted by Crippen LogP contribution is 2.18. The van der Waals surface area contributed by atoms with E-state index in [1.165, 1.54) is 12.8 Å². The van der Waals surface area contributed by atoms with Crippen molar-refractivity contribution in [2.75, 3.05) is 26.7 Å². The molecule has 18 heavy (non-hydrogen) atoms. The van der Waals surface area contributed by atoms with E-state index in [0.29, 0.717) is 11.4 Å². The van der Waals surface area contributed by atoms with Crippen molar-refractivity contribution in [1.29, 1.82) is 0 Å². The Labute approximate surface area is 108 Å². The van der Waals surface area contributed by atoms with Crippen molar-refractivity contribution in [1.82, 2.24) is 9.88 Å². The van der Waals surface area contributed by atoms with Gasteiger partial charge in [-0.3, -0.25) is 4.98 Å². The van der Waals surface area contributed by atoms with Crippen molar-refractivity contribution < 1.29 is 9.84 Å². The third kappa shape index (κ3) is 3.19. The second-order valence-corrected chi connectivity index (χ2v) is 4.74. The monoisotopic (exact) mass is 251 g/mol. The highest BCUT2D eigenvalue weighted by molar-refractivity contribution is 5.21. The Kier molecular flexibility index (Phi) is 4.52. The molecule has 3 N–H and O–H groups in total. The molecule has 1 fully saturated rings. The largest absolute Gasteiger partial charge is 0.495 e. The summed E-state index contributed by atoms with van der Waals surface area (Å²) in [6.07, 6.45) is 3.32. The molecule has 0 unspecified atom stereocenters. The topological polar surface area (TPSA) is 71.6 Å². The van der Waals surface area contributed by atoms with Gasteiger partial charge in [-0.2, -0.15) is 0 Å². The van der Waals surface area contributed by atoms with E-state index >= 15 is 0 Å². The van der Waals surface area contributed by atoms with Crippen LogP contribution in [0.1, 0.15) is 24.6 Å². The maximum Gasteiger partial charge on any atom is 0.137 e. The predicted octanol–water partition coefficient (Wildman–Crippen LogP) is 0.547. The van der Waals surface area contributed by atoms with Crippen LogP contribution in [0.4, 0.5) is 0 Å². The fourth-order valence-electron chi connectivity index (χ4n) is 2.27. The van der Waals surface area contributed by atoms with Crippen molar-refractivity contribution in [2.45, 2.75) is 25.0 Å². The minimum atomic E-state index is -0.725. The molecule has 1 aromatic rings. The van der Waals surface area contributed by atoms with Crippen LogP contribution in [0.25, 0.3) is 0 Å². The molecule has 1 aliphatic rings. The van der Waals surface area contributed by atoms with E-state index in [2.05, 4.69) is 9.88 Å². The van der Waals surface area contributed by atoms with Gasteiger partial charge in [0.1, 0.15) is 11.9 Å². The van der Waals surface area contributed by atoms with Gasteiger partial charge in [-0.15, -0.1) is 0 Å². The first kappa shape index (κ1) is 13.3. The molecule has 5 heteroatoms. The third-order valence-electron chi connectivity index (χ3n) is 3.37. The van der Waals surface area contributed by atoms with Gasteiger partial charge in [-0.05, 0) is 38.1 Å². The molecular formula is C13H21N3O2. The second kappa shape index (κ2) is 6.13. The molecule has 1 aliphatic heterocycles. The van der Waals surface area contributed by atoms with Crippen LogP contribution < -0.4 is 10.5 Å². The van der Waals surface area contributed by atoms with Crippen LogP contribution in [0.3, 0.4) is 0 Å². The van der Waals surface area contributed by atoms with E-state index in [1.54, 1.807) is 25.4 Å². The van der Waals surface area contributed by atoms with E-state index in [4.69, 9.17) is 10.5 Å². The fraction of sp³-hybridized carbons (Fsp3) is 0.615. The lowest BCUT2D eigenvalue weighted by Gasteiger charge is -2.24. The van der Waals surface area contributed by atoms with E-state index in [0.717, 1.165) is 19.6 Å². The molecule has 100 valence electrons. The van der Waals surface area contributed by atoms with Gasteiger partial charge in [0.25, 0.3) is 0 Å². The van der Waals surface area contributed by atoms with Crippen molar-refractivity contribution in [3.8, 4) is 5.75 Å². The normalized spacial score (nSPS) is 19.7. The SMILES string of the molecule is COc1ccc([C@H](O)[C@H](N)CN2CCCC2)nc1. The third-order valence-corrected chi connectivity index (χ3v) is 3.37. The maximum absolute atomic E-state index is 10.2. The quantitative estimate of drug-likeness (QED) is 0.799. The first-order valence-corrected chi connectivity index (χ1v) is 6.36. The van der Waals surface area contributed by atoms with Crippen molar-refractivity contribution in [2.24, 2.45) is 5.73 Å². The van der Waals surface area contributed by atoms with Gasteiger partial charge < -0.3 is 20.5 Å². The number of nitrogens with zero attached hydrogens (tertiary/aromatic N) is 2. The van der Waals surface area contributed by atoms with Crippen LogP contribution >= 0.6 is 0 Å². The summed E-state index contributed by atoms with van der Waals surface area (Å²) in [5.41, 5.74) is 6.64. The number of rotatable bonds is 5. The molecule has 1 aromatic heterocycles. The second-order valence-electron chi connectivity index (χ2n) is 4.74. The van der Waals surface area contributed by atoms with E-state index in [9.17, 15) is 5.11 Å².